The van der Waals surface area contributed by atoms with Gasteiger partial charge in [-0.2, -0.15) is 5.10 Å². The van der Waals surface area contributed by atoms with Crippen LogP contribution in [0.4, 0.5) is 5.69 Å². The summed E-state index contributed by atoms with van der Waals surface area (Å²) in [6.07, 6.45) is 7.51. The second-order valence-electron chi connectivity index (χ2n) is 7.82. The summed E-state index contributed by atoms with van der Waals surface area (Å²) in [5, 5.41) is 7.34. The highest BCUT2D eigenvalue weighted by Crippen LogP contribution is 2.54. The summed E-state index contributed by atoms with van der Waals surface area (Å²) in [4.78, 5) is 32.8. The van der Waals surface area contributed by atoms with Crippen LogP contribution in [0, 0.1) is 6.92 Å². The number of amides is 2. The number of aryl methyl sites for hydroxylation is 2. The van der Waals surface area contributed by atoms with Crippen LogP contribution in [0.1, 0.15) is 39.5 Å². The molecule has 1 aromatic carbocycles. The zero-order chi connectivity index (χ0) is 20.2. The number of nitrogens with one attached hydrogen (secondary N) is 1. The molecule has 1 spiro atoms. The third-order valence-electron chi connectivity index (χ3n) is 6.01. The Morgan fingerprint density at radius 3 is 2.83 bits per heavy atom. The molecule has 146 valence electrons. The highest BCUT2D eigenvalue weighted by Gasteiger charge is 2.59. The lowest BCUT2D eigenvalue weighted by Crippen LogP contribution is -2.42. The molecule has 7 nitrogen and oxygen atoms in total. The van der Waals surface area contributed by atoms with E-state index < -0.39 is 11.5 Å². The van der Waals surface area contributed by atoms with E-state index in [1.54, 1.807) is 28.2 Å². The van der Waals surface area contributed by atoms with E-state index in [0.29, 0.717) is 18.5 Å². The summed E-state index contributed by atoms with van der Waals surface area (Å²) in [7, 11) is 1.84. The normalized spacial score (nSPS) is 22.8. The summed E-state index contributed by atoms with van der Waals surface area (Å²) < 4.78 is 1.71. The van der Waals surface area contributed by atoms with Gasteiger partial charge in [0.05, 0.1) is 17.8 Å². The lowest BCUT2D eigenvalue weighted by molar-refractivity contribution is -0.121. The molecule has 0 unspecified atom stereocenters. The van der Waals surface area contributed by atoms with Gasteiger partial charge < -0.3 is 10.2 Å². The van der Waals surface area contributed by atoms with Gasteiger partial charge in [0.15, 0.2) is 0 Å². The molecular formula is C22H21N5O2. The Hall–Kier alpha value is -3.48. The number of fused-ring (bicyclic) bond motifs is 2. The van der Waals surface area contributed by atoms with Gasteiger partial charge in [-0.3, -0.25) is 19.3 Å². The minimum absolute atomic E-state index is 0.0646. The quantitative estimate of drug-likeness (QED) is 0.733. The van der Waals surface area contributed by atoms with Crippen molar-refractivity contribution in [3.05, 3.63) is 77.4 Å². The van der Waals surface area contributed by atoms with Crippen molar-refractivity contribution in [3.63, 3.8) is 0 Å². The summed E-state index contributed by atoms with van der Waals surface area (Å²) in [5.74, 6) is -0.186. The molecule has 2 atom stereocenters. The average Bonchev–Trinajstić information content (AvgIpc) is 3.39. The van der Waals surface area contributed by atoms with E-state index in [0.717, 1.165) is 22.4 Å². The lowest BCUT2D eigenvalue weighted by Gasteiger charge is -2.33. The smallest absolute Gasteiger partial charge is 0.255 e. The Morgan fingerprint density at radius 1 is 1.24 bits per heavy atom. The van der Waals surface area contributed by atoms with Crippen LogP contribution in [-0.2, 0) is 17.3 Å². The number of carbonyl (C=O) groups is 2. The number of likely N-dealkylation sites (tertiary alicyclic amines) is 1. The number of nitrogens with zero attached hydrogens (tertiary/aromatic N) is 4. The summed E-state index contributed by atoms with van der Waals surface area (Å²) in [6.45, 7) is 2.39. The van der Waals surface area contributed by atoms with E-state index in [4.69, 9.17) is 0 Å². The second-order valence-corrected chi connectivity index (χ2v) is 7.82. The number of rotatable bonds is 2. The molecule has 7 heteroatoms. The van der Waals surface area contributed by atoms with Crippen molar-refractivity contribution in [1.82, 2.24) is 19.7 Å². The molecule has 29 heavy (non-hydrogen) atoms. The van der Waals surface area contributed by atoms with E-state index in [-0.39, 0.29) is 11.8 Å². The Balaban J connectivity index is 1.66. The Bertz CT molecular complexity index is 1140. The van der Waals surface area contributed by atoms with Crippen molar-refractivity contribution in [2.45, 2.75) is 24.8 Å². The number of anilines is 1. The highest BCUT2D eigenvalue weighted by molar-refractivity contribution is 6.08. The number of carbonyl (C=O) groups excluding carboxylic acids is 2. The standard InChI is InChI=1S/C22H21N5O2/c1-14-9-15(11-23-10-14)20(28)27-8-7-22(19(27)16-12-24-26(2)13-16)17-5-3-4-6-18(17)25-21(22)29/h3-6,9-13,19H,7-8H2,1-2H3,(H,25,29)/t19-,22+/m0/s1. The summed E-state index contributed by atoms with van der Waals surface area (Å²) >= 11 is 0. The molecule has 0 aliphatic carbocycles. The minimum Gasteiger partial charge on any atom is -0.330 e. The van der Waals surface area contributed by atoms with Crippen LogP contribution in [0.2, 0.25) is 0 Å². The first-order chi connectivity index (χ1) is 14.0. The maximum absolute atomic E-state index is 13.5. The van der Waals surface area contributed by atoms with E-state index in [9.17, 15) is 9.59 Å². The maximum Gasteiger partial charge on any atom is 0.255 e. The van der Waals surface area contributed by atoms with Crippen LogP contribution in [0.15, 0.2) is 55.1 Å². The van der Waals surface area contributed by atoms with E-state index in [1.165, 1.54) is 0 Å². The van der Waals surface area contributed by atoms with Gasteiger partial charge in [-0.15, -0.1) is 0 Å². The first-order valence-electron chi connectivity index (χ1n) is 9.63. The molecule has 0 bridgehead atoms. The van der Waals surface area contributed by atoms with Crippen molar-refractivity contribution >= 4 is 17.5 Å². The van der Waals surface area contributed by atoms with Gasteiger partial charge in [-0.05, 0) is 36.6 Å². The van der Waals surface area contributed by atoms with Gasteiger partial charge >= 0.3 is 0 Å². The molecule has 1 fully saturated rings. The number of hydrogen-bond donors (Lipinski definition) is 1. The first kappa shape index (κ1) is 17.6. The average molecular weight is 387 g/mol. The fraction of sp³-hybridized carbons (Fsp3) is 0.273. The molecule has 4 heterocycles. The van der Waals surface area contributed by atoms with Crippen LogP contribution in [0.5, 0.6) is 0 Å². The summed E-state index contributed by atoms with van der Waals surface area (Å²) in [5.41, 5.74) is 3.24. The van der Waals surface area contributed by atoms with Gasteiger partial charge in [-0.25, -0.2) is 0 Å². The predicted molar refractivity (Wildman–Crippen MR) is 107 cm³/mol. The van der Waals surface area contributed by atoms with Crippen molar-refractivity contribution < 1.29 is 9.59 Å². The van der Waals surface area contributed by atoms with Crippen molar-refractivity contribution in [2.75, 3.05) is 11.9 Å². The van der Waals surface area contributed by atoms with E-state index in [1.807, 2.05) is 50.5 Å². The maximum atomic E-state index is 13.5. The van der Waals surface area contributed by atoms with Crippen LogP contribution >= 0.6 is 0 Å². The molecule has 1 N–H and O–H groups in total. The number of hydrogen-bond acceptors (Lipinski definition) is 4. The number of para-hydroxylation sites is 1. The van der Waals surface area contributed by atoms with Crippen LogP contribution < -0.4 is 5.32 Å². The first-order valence-corrected chi connectivity index (χ1v) is 9.63. The van der Waals surface area contributed by atoms with Crippen molar-refractivity contribution in [1.29, 1.82) is 0 Å². The fourth-order valence-electron chi connectivity index (χ4n) is 4.79. The molecular weight excluding hydrogens is 366 g/mol. The molecule has 2 amide bonds. The highest BCUT2D eigenvalue weighted by atomic mass is 16.2. The Morgan fingerprint density at radius 2 is 2.07 bits per heavy atom. The number of benzene rings is 1. The zero-order valence-corrected chi connectivity index (χ0v) is 16.3. The second kappa shape index (κ2) is 6.27. The molecule has 2 aliphatic rings. The van der Waals surface area contributed by atoms with Gasteiger partial charge in [0.2, 0.25) is 5.91 Å². The van der Waals surface area contributed by atoms with Gasteiger partial charge in [0.1, 0.15) is 5.41 Å². The van der Waals surface area contributed by atoms with Crippen molar-refractivity contribution in [2.24, 2.45) is 7.05 Å². The third kappa shape index (κ3) is 2.50. The molecule has 3 aromatic rings. The predicted octanol–water partition coefficient (Wildman–Crippen LogP) is 2.60. The largest absolute Gasteiger partial charge is 0.330 e. The Labute approximate surface area is 168 Å². The molecule has 5 rings (SSSR count). The van der Waals surface area contributed by atoms with Gasteiger partial charge in [0.25, 0.3) is 5.91 Å². The number of pyridine rings is 1. The van der Waals surface area contributed by atoms with Gasteiger partial charge in [0, 0.05) is 43.4 Å². The molecule has 2 aromatic heterocycles. The van der Waals surface area contributed by atoms with Crippen LogP contribution in [0.3, 0.4) is 0 Å². The van der Waals surface area contributed by atoms with Gasteiger partial charge in [-0.1, -0.05) is 18.2 Å². The molecule has 1 saturated heterocycles. The fourth-order valence-corrected chi connectivity index (χ4v) is 4.79. The monoisotopic (exact) mass is 387 g/mol. The van der Waals surface area contributed by atoms with E-state index >= 15 is 0 Å². The van der Waals surface area contributed by atoms with Crippen molar-refractivity contribution in [3.8, 4) is 0 Å². The lowest BCUT2D eigenvalue weighted by atomic mass is 9.73. The SMILES string of the molecule is Cc1cncc(C(=O)N2CC[C@]3(C(=O)Nc4ccccc43)[C@@H]2c2cnn(C)c2)c1. The molecule has 0 saturated carbocycles. The topological polar surface area (TPSA) is 80.1 Å². The molecule has 0 radical (unpaired) electrons. The van der Waals surface area contributed by atoms with E-state index in [2.05, 4.69) is 15.4 Å². The Kier molecular flexibility index (Phi) is 3.81. The van der Waals surface area contributed by atoms with Crippen LogP contribution in [-0.4, -0.2) is 38.0 Å². The zero-order valence-electron chi connectivity index (χ0n) is 16.3. The van der Waals surface area contributed by atoms with Crippen LogP contribution in [0.25, 0.3) is 0 Å². The third-order valence-corrected chi connectivity index (χ3v) is 6.01. The molecule has 2 aliphatic heterocycles. The summed E-state index contributed by atoms with van der Waals surface area (Å²) in [6, 6.07) is 9.15. The minimum atomic E-state index is -0.827. The number of aromatic nitrogens is 3.